The zero-order chi connectivity index (χ0) is 10.1. The van der Waals surface area contributed by atoms with E-state index in [0.29, 0.717) is 12.3 Å². The van der Waals surface area contributed by atoms with E-state index in [1.165, 1.54) is 12.8 Å². The molecule has 0 aromatic carbocycles. The van der Waals surface area contributed by atoms with E-state index < -0.39 is 0 Å². The molecule has 2 nitrogen and oxygen atoms in total. The molecule has 2 unspecified atom stereocenters. The Hall–Kier alpha value is -0.370. The maximum absolute atomic E-state index is 10.4. The Morgan fingerprint density at radius 2 is 2.00 bits per heavy atom. The minimum atomic E-state index is -0.226. The average Bonchev–Trinajstić information content (AvgIpc) is 2.09. The number of hydrogen-bond donors (Lipinski definition) is 1. The van der Waals surface area contributed by atoms with Gasteiger partial charge in [-0.05, 0) is 25.7 Å². The summed E-state index contributed by atoms with van der Waals surface area (Å²) in [6, 6.07) is 0. The fourth-order valence-electron chi connectivity index (χ4n) is 1.49. The molecule has 0 heterocycles. The van der Waals surface area contributed by atoms with Gasteiger partial charge in [0.2, 0.25) is 0 Å². The summed E-state index contributed by atoms with van der Waals surface area (Å²) in [4.78, 5) is 10.4. The molecule has 0 aromatic rings. The van der Waals surface area contributed by atoms with Crippen molar-refractivity contribution in [3.63, 3.8) is 0 Å². The third kappa shape index (κ3) is 7.97. The molecular weight excluding hydrogens is 164 g/mol. The zero-order valence-corrected chi connectivity index (χ0v) is 8.83. The minimum absolute atomic E-state index is 0.226. The van der Waals surface area contributed by atoms with Crippen molar-refractivity contribution in [2.24, 2.45) is 5.92 Å². The SMILES string of the molecule is CCCCC(CC=O)CCC(C)O. The van der Waals surface area contributed by atoms with Crippen molar-refractivity contribution in [3.8, 4) is 0 Å². The van der Waals surface area contributed by atoms with Gasteiger partial charge in [-0.15, -0.1) is 0 Å². The lowest BCUT2D eigenvalue weighted by atomic mass is 9.93. The molecule has 0 saturated carbocycles. The fourth-order valence-corrected chi connectivity index (χ4v) is 1.49. The van der Waals surface area contributed by atoms with Crippen LogP contribution in [-0.4, -0.2) is 17.5 Å². The second-order valence-corrected chi connectivity index (χ2v) is 3.84. The first-order chi connectivity index (χ1) is 6.20. The van der Waals surface area contributed by atoms with Crippen LogP contribution in [0.4, 0.5) is 0 Å². The Balaban J connectivity index is 3.59. The van der Waals surface area contributed by atoms with Crippen LogP contribution in [0.25, 0.3) is 0 Å². The van der Waals surface area contributed by atoms with Crippen molar-refractivity contribution in [1.29, 1.82) is 0 Å². The van der Waals surface area contributed by atoms with Crippen molar-refractivity contribution >= 4 is 6.29 Å². The van der Waals surface area contributed by atoms with Crippen molar-refractivity contribution < 1.29 is 9.90 Å². The van der Waals surface area contributed by atoms with Gasteiger partial charge in [0.15, 0.2) is 0 Å². The van der Waals surface area contributed by atoms with Gasteiger partial charge in [0, 0.05) is 6.42 Å². The van der Waals surface area contributed by atoms with Gasteiger partial charge in [-0.2, -0.15) is 0 Å². The normalized spacial score (nSPS) is 15.3. The Kier molecular flexibility index (Phi) is 8.00. The minimum Gasteiger partial charge on any atom is -0.393 e. The van der Waals surface area contributed by atoms with Crippen LogP contribution in [0.1, 0.15) is 52.4 Å². The van der Waals surface area contributed by atoms with Crippen LogP contribution >= 0.6 is 0 Å². The van der Waals surface area contributed by atoms with Gasteiger partial charge in [0.1, 0.15) is 6.29 Å². The Bertz CT molecular complexity index is 121. The Morgan fingerprint density at radius 3 is 2.46 bits per heavy atom. The third-order valence-electron chi connectivity index (χ3n) is 2.39. The molecule has 0 spiro atoms. The first kappa shape index (κ1) is 12.6. The zero-order valence-electron chi connectivity index (χ0n) is 8.83. The van der Waals surface area contributed by atoms with Crippen LogP contribution < -0.4 is 0 Å². The smallest absolute Gasteiger partial charge is 0.120 e. The van der Waals surface area contributed by atoms with E-state index in [1.54, 1.807) is 6.92 Å². The molecule has 0 aliphatic heterocycles. The summed E-state index contributed by atoms with van der Waals surface area (Å²) in [6.07, 6.45) is 6.74. The molecule has 0 aromatic heterocycles. The molecule has 0 rings (SSSR count). The van der Waals surface area contributed by atoms with Gasteiger partial charge < -0.3 is 9.90 Å². The molecule has 0 fully saturated rings. The van der Waals surface area contributed by atoms with Gasteiger partial charge in [-0.25, -0.2) is 0 Å². The van der Waals surface area contributed by atoms with E-state index in [9.17, 15) is 4.79 Å². The number of rotatable bonds is 8. The third-order valence-corrected chi connectivity index (χ3v) is 2.39. The first-order valence-electron chi connectivity index (χ1n) is 5.32. The lowest BCUT2D eigenvalue weighted by Crippen LogP contribution is -2.07. The van der Waals surface area contributed by atoms with Crippen molar-refractivity contribution in [3.05, 3.63) is 0 Å². The Morgan fingerprint density at radius 1 is 1.31 bits per heavy atom. The van der Waals surface area contributed by atoms with Crippen LogP contribution in [0, 0.1) is 5.92 Å². The van der Waals surface area contributed by atoms with Gasteiger partial charge in [-0.1, -0.05) is 26.2 Å². The monoisotopic (exact) mass is 186 g/mol. The number of carbonyl (C=O) groups excluding carboxylic acids is 1. The summed E-state index contributed by atoms with van der Waals surface area (Å²) in [7, 11) is 0. The maximum Gasteiger partial charge on any atom is 0.120 e. The number of aldehydes is 1. The summed E-state index contributed by atoms with van der Waals surface area (Å²) in [6.45, 7) is 3.96. The summed E-state index contributed by atoms with van der Waals surface area (Å²) in [5.74, 6) is 0.493. The predicted molar refractivity (Wildman–Crippen MR) is 54.6 cm³/mol. The molecule has 2 atom stereocenters. The largest absolute Gasteiger partial charge is 0.393 e. The maximum atomic E-state index is 10.4. The lowest BCUT2D eigenvalue weighted by Gasteiger charge is -2.14. The average molecular weight is 186 g/mol. The number of carbonyl (C=O) groups is 1. The molecule has 0 radical (unpaired) electrons. The molecule has 1 N–H and O–H groups in total. The molecule has 78 valence electrons. The van der Waals surface area contributed by atoms with Crippen LogP contribution in [0.2, 0.25) is 0 Å². The van der Waals surface area contributed by atoms with Gasteiger partial charge in [-0.3, -0.25) is 0 Å². The second-order valence-electron chi connectivity index (χ2n) is 3.84. The molecule has 0 bridgehead atoms. The molecule has 0 amide bonds. The summed E-state index contributed by atoms with van der Waals surface area (Å²) >= 11 is 0. The number of aliphatic hydroxyl groups is 1. The number of hydrogen-bond acceptors (Lipinski definition) is 2. The quantitative estimate of drug-likeness (QED) is 0.591. The molecule has 0 aliphatic rings. The standard InChI is InChI=1S/C11H22O2/c1-3-4-5-11(8-9-12)7-6-10(2)13/h9-11,13H,3-8H2,1-2H3. The van der Waals surface area contributed by atoms with Crippen LogP contribution in [-0.2, 0) is 4.79 Å². The van der Waals surface area contributed by atoms with Gasteiger partial charge >= 0.3 is 0 Å². The van der Waals surface area contributed by atoms with E-state index in [1.807, 2.05) is 0 Å². The fraction of sp³-hybridized carbons (Fsp3) is 0.909. The molecular formula is C11H22O2. The highest BCUT2D eigenvalue weighted by atomic mass is 16.3. The van der Waals surface area contributed by atoms with E-state index in [-0.39, 0.29) is 6.10 Å². The highest BCUT2D eigenvalue weighted by molar-refractivity contribution is 5.49. The van der Waals surface area contributed by atoms with E-state index in [4.69, 9.17) is 5.11 Å². The Labute approximate surface area is 81.3 Å². The van der Waals surface area contributed by atoms with Crippen molar-refractivity contribution in [2.75, 3.05) is 0 Å². The lowest BCUT2D eigenvalue weighted by molar-refractivity contribution is -0.108. The van der Waals surface area contributed by atoms with Crippen molar-refractivity contribution in [1.82, 2.24) is 0 Å². The second kappa shape index (κ2) is 8.24. The van der Waals surface area contributed by atoms with E-state index in [2.05, 4.69) is 6.92 Å². The predicted octanol–water partition coefficient (Wildman–Crippen LogP) is 2.54. The molecule has 0 aliphatic carbocycles. The summed E-state index contributed by atoms with van der Waals surface area (Å²) in [5, 5.41) is 9.11. The molecule has 13 heavy (non-hydrogen) atoms. The van der Waals surface area contributed by atoms with Crippen molar-refractivity contribution in [2.45, 2.75) is 58.5 Å². The van der Waals surface area contributed by atoms with Crippen LogP contribution in [0.15, 0.2) is 0 Å². The summed E-state index contributed by atoms with van der Waals surface area (Å²) < 4.78 is 0. The summed E-state index contributed by atoms with van der Waals surface area (Å²) in [5.41, 5.74) is 0. The number of aliphatic hydroxyl groups excluding tert-OH is 1. The van der Waals surface area contributed by atoms with E-state index in [0.717, 1.165) is 25.5 Å². The van der Waals surface area contributed by atoms with Crippen LogP contribution in [0.5, 0.6) is 0 Å². The van der Waals surface area contributed by atoms with Crippen LogP contribution in [0.3, 0.4) is 0 Å². The molecule has 2 heteroatoms. The molecule has 0 saturated heterocycles. The topological polar surface area (TPSA) is 37.3 Å². The highest BCUT2D eigenvalue weighted by Crippen LogP contribution is 2.18. The number of unbranched alkanes of at least 4 members (excludes halogenated alkanes) is 1. The van der Waals surface area contributed by atoms with Gasteiger partial charge in [0.25, 0.3) is 0 Å². The van der Waals surface area contributed by atoms with Gasteiger partial charge in [0.05, 0.1) is 6.10 Å². The highest BCUT2D eigenvalue weighted by Gasteiger charge is 2.08. The van der Waals surface area contributed by atoms with E-state index >= 15 is 0 Å². The first-order valence-corrected chi connectivity index (χ1v) is 5.32.